The van der Waals surface area contributed by atoms with E-state index < -0.39 is 0 Å². The topological polar surface area (TPSA) is 59.5 Å². The van der Waals surface area contributed by atoms with E-state index in [9.17, 15) is 0 Å². The average Bonchev–Trinajstić information content (AvgIpc) is 2.55. The summed E-state index contributed by atoms with van der Waals surface area (Å²) in [4.78, 5) is 11.3. The maximum absolute atomic E-state index is 5.60. The molecule has 0 bridgehead atoms. The zero-order valence-corrected chi connectivity index (χ0v) is 12.2. The van der Waals surface area contributed by atoms with Gasteiger partial charge in [-0.15, -0.1) is 0 Å². The molecule has 1 aromatic heterocycles. The normalized spacial score (nSPS) is 15.4. The molecule has 1 aliphatic heterocycles. The summed E-state index contributed by atoms with van der Waals surface area (Å²) in [6.07, 6.45) is 1.86. The van der Waals surface area contributed by atoms with Crippen molar-refractivity contribution in [3.05, 3.63) is 24.4 Å². The number of piperazine rings is 1. The predicted molar refractivity (Wildman–Crippen MR) is 82.0 cm³/mol. The highest BCUT2D eigenvalue weighted by Gasteiger charge is 2.13. The van der Waals surface area contributed by atoms with Crippen LogP contribution >= 0.6 is 0 Å². The molecular formula is C15H20N4O2. The molecule has 6 nitrogen and oxygen atoms in total. The van der Waals surface area contributed by atoms with Crippen LogP contribution < -0.4 is 15.0 Å². The van der Waals surface area contributed by atoms with Gasteiger partial charge in [-0.2, -0.15) is 0 Å². The number of benzene rings is 1. The Morgan fingerprint density at radius 3 is 2.90 bits per heavy atom. The Bertz CT molecular complexity index is 599. The van der Waals surface area contributed by atoms with E-state index in [1.807, 2.05) is 24.4 Å². The molecule has 0 saturated carbocycles. The highest BCUT2D eigenvalue weighted by atomic mass is 16.5. The minimum atomic E-state index is 0.543. The van der Waals surface area contributed by atoms with Crippen molar-refractivity contribution in [3.63, 3.8) is 0 Å². The molecule has 0 amide bonds. The summed E-state index contributed by atoms with van der Waals surface area (Å²) in [6, 6.07) is 5.88. The number of ether oxygens (including phenoxy) is 2. The molecule has 1 N–H and O–H groups in total. The maximum Gasteiger partial charge on any atom is 0.225 e. The van der Waals surface area contributed by atoms with E-state index in [1.165, 1.54) is 0 Å². The Balaban J connectivity index is 1.77. The number of aromatic nitrogens is 2. The van der Waals surface area contributed by atoms with E-state index >= 15 is 0 Å². The van der Waals surface area contributed by atoms with Gasteiger partial charge in [0, 0.05) is 44.9 Å². The Hall–Kier alpha value is -1.92. The molecule has 0 radical (unpaired) electrons. The van der Waals surface area contributed by atoms with Crippen LogP contribution in [0.3, 0.4) is 0 Å². The number of rotatable bonds is 5. The number of nitrogens with zero attached hydrogens (tertiary/aromatic N) is 3. The molecule has 1 fully saturated rings. The molecule has 2 aromatic rings. The number of nitrogens with one attached hydrogen (secondary N) is 1. The number of fused-ring (bicyclic) bond motifs is 1. The number of hydrogen-bond donors (Lipinski definition) is 1. The van der Waals surface area contributed by atoms with Crippen LogP contribution in [0.25, 0.3) is 10.9 Å². The lowest BCUT2D eigenvalue weighted by Gasteiger charge is -2.27. The Morgan fingerprint density at radius 1 is 1.24 bits per heavy atom. The molecule has 1 saturated heterocycles. The SMILES string of the molecule is COCCOc1ccc2nc(N3CCNCC3)ncc2c1. The quantitative estimate of drug-likeness (QED) is 0.830. The fourth-order valence-corrected chi connectivity index (χ4v) is 2.35. The summed E-state index contributed by atoms with van der Waals surface area (Å²) in [5.74, 6) is 1.62. The molecule has 1 aromatic carbocycles. The summed E-state index contributed by atoms with van der Waals surface area (Å²) in [5, 5.41) is 4.32. The van der Waals surface area contributed by atoms with Crippen molar-refractivity contribution in [3.8, 4) is 5.75 Å². The van der Waals surface area contributed by atoms with Crippen molar-refractivity contribution in [2.75, 3.05) is 51.4 Å². The van der Waals surface area contributed by atoms with Crippen LogP contribution in [0.4, 0.5) is 5.95 Å². The summed E-state index contributed by atoms with van der Waals surface area (Å²) in [7, 11) is 1.66. The van der Waals surface area contributed by atoms with Crippen molar-refractivity contribution in [1.82, 2.24) is 15.3 Å². The molecule has 2 heterocycles. The highest BCUT2D eigenvalue weighted by molar-refractivity contribution is 5.80. The van der Waals surface area contributed by atoms with Gasteiger partial charge in [0.05, 0.1) is 12.1 Å². The van der Waals surface area contributed by atoms with Gasteiger partial charge in [-0.25, -0.2) is 9.97 Å². The van der Waals surface area contributed by atoms with Gasteiger partial charge in [-0.05, 0) is 18.2 Å². The Labute approximate surface area is 124 Å². The highest BCUT2D eigenvalue weighted by Crippen LogP contribution is 2.21. The molecule has 0 atom stereocenters. The van der Waals surface area contributed by atoms with Crippen LogP contribution in [-0.2, 0) is 4.74 Å². The van der Waals surface area contributed by atoms with Gasteiger partial charge >= 0.3 is 0 Å². The minimum Gasteiger partial charge on any atom is -0.491 e. The van der Waals surface area contributed by atoms with E-state index in [-0.39, 0.29) is 0 Å². The second-order valence-electron chi connectivity index (χ2n) is 4.97. The fraction of sp³-hybridized carbons (Fsp3) is 0.467. The summed E-state index contributed by atoms with van der Waals surface area (Å²) >= 11 is 0. The van der Waals surface area contributed by atoms with E-state index in [0.29, 0.717) is 13.2 Å². The second kappa shape index (κ2) is 6.69. The number of anilines is 1. The molecule has 0 aliphatic carbocycles. The van der Waals surface area contributed by atoms with E-state index in [2.05, 4.69) is 20.2 Å². The Morgan fingerprint density at radius 2 is 2.10 bits per heavy atom. The van der Waals surface area contributed by atoms with Gasteiger partial charge in [-0.1, -0.05) is 0 Å². The van der Waals surface area contributed by atoms with Crippen LogP contribution in [0, 0.1) is 0 Å². The molecule has 112 valence electrons. The van der Waals surface area contributed by atoms with Crippen LogP contribution in [0.1, 0.15) is 0 Å². The molecule has 0 unspecified atom stereocenters. The first-order chi connectivity index (χ1) is 10.4. The number of methoxy groups -OCH3 is 1. The van der Waals surface area contributed by atoms with Crippen molar-refractivity contribution in [2.24, 2.45) is 0 Å². The van der Waals surface area contributed by atoms with Crippen LogP contribution in [0.15, 0.2) is 24.4 Å². The van der Waals surface area contributed by atoms with Crippen LogP contribution in [0.2, 0.25) is 0 Å². The lowest BCUT2D eigenvalue weighted by molar-refractivity contribution is 0.146. The first kappa shape index (κ1) is 14.0. The summed E-state index contributed by atoms with van der Waals surface area (Å²) in [6.45, 7) is 4.98. The molecule has 0 spiro atoms. The van der Waals surface area contributed by atoms with Crippen molar-refractivity contribution in [1.29, 1.82) is 0 Å². The van der Waals surface area contributed by atoms with E-state index in [1.54, 1.807) is 7.11 Å². The molecule has 1 aliphatic rings. The summed E-state index contributed by atoms with van der Waals surface area (Å²) < 4.78 is 10.6. The van der Waals surface area contributed by atoms with Gasteiger partial charge in [0.2, 0.25) is 5.95 Å². The van der Waals surface area contributed by atoms with Crippen molar-refractivity contribution >= 4 is 16.9 Å². The first-order valence-electron chi connectivity index (χ1n) is 7.21. The monoisotopic (exact) mass is 288 g/mol. The lowest BCUT2D eigenvalue weighted by atomic mass is 10.2. The van der Waals surface area contributed by atoms with Gasteiger partial charge in [0.1, 0.15) is 12.4 Å². The van der Waals surface area contributed by atoms with Crippen LogP contribution in [0.5, 0.6) is 5.75 Å². The standard InChI is InChI=1S/C15H20N4O2/c1-20-8-9-21-13-2-3-14-12(10-13)11-17-15(18-14)19-6-4-16-5-7-19/h2-3,10-11,16H,4-9H2,1H3. The van der Waals surface area contributed by atoms with Gasteiger partial charge in [0.25, 0.3) is 0 Å². The molecule has 6 heteroatoms. The minimum absolute atomic E-state index is 0.543. The second-order valence-corrected chi connectivity index (χ2v) is 4.97. The van der Waals surface area contributed by atoms with Gasteiger partial charge in [-0.3, -0.25) is 0 Å². The molecule has 21 heavy (non-hydrogen) atoms. The van der Waals surface area contributed by atoms with Crippen molar-refractivity contribution < 1.29 is 9.47 Å². The zero-order chi connectivity index (χ0) is 14.5. The third-order valence-electron chi connectivity index (χ3n) is 3.49. The predicted octanol–water partition coefficient (Wildman–Crippen LogP) is 1.06. The van der Waals surface area contributed by atoms with E-state index in [4.69, 9.17) is 9.47 Å². The average molecular weight is 288 g/mol. The third kappa shape index (κ3) is 3.40. The smallest absolute Gasteiger partial charge is 0.225 e. The summed E-state index contributed by atoms with van der Waals surface area (Å²) in [5.41, 5.74) is 0.942. The van der Waals surface area contributed by atoms with E-state index in [0.717, 1.165) is 48.8 Å². The molecule has 3 rings (SSSR count). The zero-order valence-electron chi connectivity index (χ0n) is 12.2. The van der Waals surface area contributed by atoms with Crippen LogP contribution in [-0.4, -0.2) is 56.5 Å². The van der Waals surface area contributed by atoms with Crippen molar-refractivity contribution in [2.45, 2.75) is 0 Å². The largest absolute Gasteiger partial charge is 0.491 e. The fourth-order valence-electron chi connectivity index (χ4n) is 2.35. The number of hydrogen-bond acceptors (Lipinski definition) is 6. The maximum atomic E-state index is 5.60. The Kier molecular flexibility index (Phi) is 4.47. The lowest BCUT2D eigenvalue weighted by Crippen LogP contribution is -2.44. The van der Waals surface area contributed by atoms with Gasteiger partial charge in [0.15, 0.2) is 0 Å². The third-order valence-corrected chi connectivity index (χ3v) is 3.49. The van der Waals surface area contributed by atoms with Gasteiger partial charge < -0.3 is 19.7 Å². The first-order valence-corrected chi connectivity index (χ1v) is 7.21. The molecular weight excluding hydrogens is 268 g/mol.